The Morgan fingerprint density at radius 2 is 2.50 bits per heavy atom. The van der Waals surface area contributed by atoms with Crippen LogP contribution in [0.3, 0.4) is 0 Å². The summed E-state index contributed by atoms with van der Waals surface area (Å²) >= 11 is 1.38. The first kappa shape index (κ1) is 11.5. The Morgan fingerprint density at radius 3 is 3.12 bits per heavy atom. The summed E-state index contributed by atoms with van der Waals surface area (Å²) in [6, 6.07) is -0.483. The van der Waals surface area contributed by atoms with Crippen LogP contribution < -0.4 is 11.1 Å². The molecule has 0 spiro atoms. The number of halogens is 1. The van der Waals surface area contributed by atoms with E-state index in [0.29, 0.717) is 5.75 Å². The Labute approximate surface area is 95.6 Å². The van der Waals surface area contributed by atoms with Crippen molar-refractivity contribution >= 4 is 17.8 Å². The summed E-state index contributed by atoms with van der Waals surface area (Å²) in [5.74, 6) is -0.322. The summed E-state index contributed by atoms with van der Waals surface area (Å²) < 4.78 is 18.6. The molecule has 16 heavy (non-hydrogen) atoms. The molecule has 2 heterocycles. The van der Waals surface area contributed by atoms with Gasteiger partial charge >= 0.3 is 6.03 Å². The maximum Gasteiger partial charge on any atom is 0.325 e. The van der Waals surface area contributed by atoms with Crippen LogP contribution in [0, 0.1) is 0 Å². The number of aliphatic hydroxyl groups is 1. The monoisotopic (exact) mass is 249 g/mol. The van der Waals surface area contributed by atoms with Gasteiger partial charge in [0.2, 0.25) is 0 Å². The van der Waals surface area contributed by atoms with E-state index in [0.717, 1.165) is 0 Å². The number of nitrogens with two attached hydrogens (primary N) is 1. The van der Waals surface area contributed by atoms with E-state index in [2.05, 4.69) is 5.32 Å². The van der Waals surface area contributed by atoms with Crippen LogP contribution in [0.5, 0.6) is 0 Å². The van der Waals surface area contributed by atoms with Crippen LogP contribution in [0.1, 0.15) is 0 Å². The van der Waals surface area contributed by atoms with Gasteiger partial charge in [0.25, 0.3) is 0 Å². The Hall–Kier alpha value is -0.990. The number of rotatable bonds is 2. The Kier molecular flexibility index (Phi) is 3.22. The first-order valence-corrected chi connectivity index (χ1v) is 5.76. The molecule has 0 aromatic heterocycles. The zero-order valence-corrected chi connectivity index (χ0v) is 9.17. The van der Waals surface area contributed by atoms with E-state index in [-0.39, 0.29) is 24.4 Å². The van der Waals surface area contributed by atoms with Gasteiger partial charge in [-0.05, 0) is 0 Å². The molecule has 2 aliphatic rings. The molecule has 2 atom stereocenters. The van der Waals surface area contributed by atoms with Crippen LogP contribution in [-0.4, -0.2) is 46.6 Å². The third kappa shape index (κ3) is 2.08. The highest BCUT2D eigenvalue weighted by molar-refractivity contribution is 8.00. The minimum atomic E-state index is -0.583. The summed E-state index contributed by atoms with van der Waals surface area (Å²) in [6.45, 7) is -0.321. The van der Waals surface area contributed by atoms with Gasteiger partial charge in [-0.25, -0.2) is 9.18 Å². The molecule has 0 saturated carbocycles. The highest BCUT2D eigenvalue weighted by Gasteiger charge is 2.36. The van der Waals surface area contributed by atoms with E-state index in [1.807, 2.05) is 0 Å². The van der Waals surface area contributed by atoms with E-state index in [1.165, 1.54) is 16.7 Å². The summed E-state index contributed by atoms with van der Waals surface area (Å²) in [5.41, 5.74) is 4.89. The molecule has 0 aromatic rings. The van der Waals surface area contributed by atoms with Crippen molar-refractivity contribution in [2.75, 3.05) is 18.9 Å². The predicted octanol–water partition coefficient (Wildman–Crippen LogP) is -0.483. The molecule has 2 rings (SSSR count). The fraction of sp³-hybridized carbons (Fsp3) is 0.625. The Balaban J connectivity index is 2.03. The number of nitrogens with zero attached hydrogens (tertiary/aromatic N) is 1. The normalized spacial score (nSPS) is 30.9. The summed E-state index contributed by atoms with van der Waals surface area (Å²) in [6.07, 6.45) is -0.527. The lowest BCUT2D eigenvalue weighted by molar-refractivity contribution is -0.0365. The lowest BCUT2D eigenvalue weighted by atomic mass is 10.3. The van der Waals surface area contributed by atoms with Gasteiger partial charge < -0.3 is 15.6 Å². The van der Waals surface area contributed by atoms with Crippen LogP contribution >= 0.6 is 11.8 Å². The largest absolute Gasteiger partial charge is 0.393 e. The van der Waals surface area contributed by atoms with Crippen molar-refractivity contribution in [3.05, 3.63) is 11.6 Å². The zero-order chi connectivity index (χ0) is 11.7. The van der Waals surface area contributed by atoms with Gasteiger partial charge in [0.15, 0.2) is 5.83 Å². The maximum atomic E-state index is 13.2. The molecule has 2 amide bonds. The predicted molar refractivity (Wildman–Crippen MR) is 55.8 cm³/mol. The fourth-order valence-electron chi connectivity index (χ4n) is 1.50. The van der Waals surface area contributed by atoms with Crippen molar-refractivity contribution in [2.24, 2.45) is 5.73 Å². The molecule has 6 nitrogen and oxygen atoms in total. The molecule has 0 radical (unpaired) electrons. The van der Waals surface area contributed by atoms with Crippen molar-refractivity contribution < 1.29 is 19.0 Å². The van der Waals surface area contributed by atoms with Gasteiger partial charge in [-0.15, -0.1) is 11.8 Å². The SMILES string of the molecule is NC1=C(F)CN([C@@H]2CS[C@@H](CO)O2)C(=O)N1. The first-order chi connectivity index (χ1) is 7.61. The number of hydrogen-bond acceptors (Lipinski definition) is 5. The van der Waals surface area contributed by atoms with Crippen LogP contribution in [0.15, 0.2) is 11.6 Å². The molecule has 1 saturated heterocycles. The van der Waals surface area contributed by atoms with E-state index in [4.69, 9.17) is 15.6 Å². The molecule has 90 valence electrons. The average Bonchev–Trinajstić information content (AvgIpc) is 2.71. The minimum absolute atomic E-state index is 0.128. The topological polar surface area (TPSA) is 87.8 Å². The van der Waals surface area contributed by atoms with E-state index in [9.17, 15) is 9.18 Å². The van der Waals surface area contributed by atoms with Gasteiger partial charge in [-0.2, -0.15) is 0 Å². The van der Waals surface area contributed by atoms with Crippen LogP contribution in [0.2, 0.25) is 0 Å². The second-order valence-electron chi connectivity index (χ2n) is 3.41. The van der Waals surface area contributed by atoms with Crippen LogP contribution in [0.25, 0.3) is 0 Å². The molecule has 4 N–H and O–H groups in total. The van der Waals surface area contributed by atoms with Crippen molar-refractivity contribution in [2.45, 2.75) is 11.7 Å². The highest BCUT2D eigenvalue weighted by atomic mass is 32.2. The number of amides is 2. The van der Waals surface area contributed by atoms with E-state index in [1.54, 1.807) is 0 Å². The minimum Gasteiger partial charge on any atom is -0.393 e. The molecule has 0 aliphatic carbocycles. The molecular formula is C8H12FN3O3S. The zero-order valence-electron chi connectivity index (χ0n) is 8.35. The van der Waals surface area contributed by atoms with E-state index >= 15 is 0 Å². The highest BCUT2D eigenvalue weighted by Crippen LogP contribution is 2.28. The Bertz CT molecular complexity index is 338. The molecule has 0 aromatic carbocycles. The van der Waals surface area contributed by atoms with Crippen molar-refractivity contribution in [1.82, 2.24) is 10.2 Å². The average molecular weight is 249 g/mol. The molecule has 1 fully saturated rings. The molecule has 2 aliphatic heterocycles. The summed E-state index contributed by atoms with van der Waals surface area (Å²) in [4.78, 5) is 12.7. The number of aliphatic hydroxyl groups excluding tert-OH is 1. The standard InChI is InChI=1S/C8H12FN3O3S/c9-4-1-12(8(14)11-7(4)10)5-3-16-6(2-13)15-5/h5-6,13H,1-3,10H2,(H,11,14)/t5-,6-/m0/s1. The third-order valence-corrected chi connectivity index (χ3v) is 3.44. The van der Waals surface area contributed by atoms with Crippen molar-refractivity contribution in [3.8, 4) is 0 Å². The Morgan fingerprint density at radius 1 is 1.75 bits per heavy atom. The molecule has 0 bridgehead atoms. The lowest BCUT2D eigenvalue weighted by Crippen LogP contribution is -2.52. The van der Waals surface area contributed by atoms with Gasteiger partial charge in [-0.3, -0.25) is 10.2 Å². The first-order valence-electron chi connectivity index (χ1n) is 4.71. The third-order valence-electron chi connectivity index (χ3n) is 2.33. The summed E-state index contributed by atoms with van der Waals surface area (Å²) in [7, 11) is 0. The van der Waals surface area contributed by atoms with Gasteiger partial charge in [-0.1, -0.05) is 0 Å². The van der Waals surface area contributed by atoms with Crippen LogP contribution in [0.4, 0.5) is 9.18 Å². The number of nitrogens with one attached hydrogen (secondary N) is 1. The number of thioether (sulfide) groups is 1. The van der Waals surface area contributed by atoms with Gasteiger partial charge in [0.05, 0.1) is 13.2 Å². The molecule has 0 unspecified atom stereocenters. The smallest absolute Gasteiger partial charge is 0.325 e. The number of hydrogen-bond donors (Lipinski definition) is 3. The second kappa shape index (κ2) is 4.48. The number of carbonyl (C=O) groups is 1. The maximum absolute atomic E-state index is 13.2. The number of ether oxygens (including phenoxy) is 1. The van der Waals surface area contributed by atoms with Crippen molar-refractivity contribution in [1.29, 1.82) is 0 Å². The van der Waals surface area contributed by atoms with Crippen LogP contribution in [-0.2, 0) is 4.74 Å². The molecule has 8 heteroatoms. The number of carbonyl (C=O) groups excluding carboxylic acids is 1. The van der Waals surface area contributed by atoms with Gasteiger partial charge in [0, 0.05) is 5.75 Å². The number of urea groups is 1. The second-order valence-corrected chi connectivity index (χ2v) is 4.61. The van der Waals surface area contributed by atoms with E-state index < -0.39 is 18.1 Å². The van der Waals surface area contributed by atoms with Gasteiger partial charge in [0.1, 0.15) is 17.5 Å². The quantitative estimate of drug-likeness (QED) is 0.615. The lowest BCUT2D eigenvalue weighted by Gasteiger charge is -2.31. The molecular weight excluding hydrogens is 237 g/mol. The summed E-state index contributed by atoms with van der Waals surface area (Å²) in [5, 5.41) is 11.1. The van der Waals surface area contributed by atoms with Crippen molar-refractivity contribution in [3.63, 3.8) is 0 Å². The fourth-order valence-corrected chi connectivity index (χ4v) is 2.45.